The highest BCUT2D eigenvalue weighted by atomic mass is 32.1. The third kappa shape index (κ3) is 2.47. The van der Waals surface area contributed by atoms with Crippen LogP contribution in [0.15, 0.2) is 103 Å². The number of thiophene rings is 1. The van der Waals surface area contributed by atoms with Crippen LogP contribution in [0.2, 0.25) is 0 Å². The van der Waals surface area contributed by atoms with Gasteiger partial charge in [-0.1, -0.05) is 54.6 Å². The summed E-state index contributed by atoms with van der Waals surface area (Å²) < 4.78 is 4.87. The highest BCUT2D eigenvalue weighted by molar-refractivity contribution is 7.26. The number of hydrogen-bond acceptors (Lipinski definition) is 3. The molecule has 150 valence electrons. The van der Waals surface area contributed by atoms with Gasteiger partial charge in [-0.3, -0.25) is 9.97 Å². The highest BCUT2D eigenvalue weighted by Gasteiger charge is 2.19. The summed E-state index contributed by atoms with van der Waals surface area (Å²) in [6.07, 6.45) is 3.87. The van der Waals surface area contributed by atoms with Crippen molar-refractivity contribution in [1.82, 2.24) is 14.5 Å². The minimum absolute atomic E-state index is 0.972. The summed E-state index contributed by atoms with van der Waals surface area (Å²) in [5.41, 5.74) is 6.56. The fourth-order valence-corrected chi connectivity index (χ4v) is 5.79. The molecule has 0 aliphatic heterocycles. The molecule has 0 aliphatic carbocycles. The average Bonchev–Trinajstić information content (AvgIpc) is 3.40. The maximum Gasteiger partial charge on any atom is 0.0971 e. The van der Waals surface area contributed by atoms with Gasteiger partial charge in [-0.25, -0.2) is 0 Å². The summed E-state index contributed by atoms with van der Waals surface area (Å²) >= 11 is 1.80. The van der Waals surface area contributed by atoms with Crippen molar-refractivity contribution in [2.45, 2.75) is 0 Å². The fraction of sp³-hybridized carbons (Fsp3) is 0. The topological polar surface area (TPSA) is 30.7 Å². The number of para-hydroxylation sites is 1. The van der Waals surface area contributed by atoms with E-state index in [2.05, 4.69) is 88.4 Å². The molecule has 0 aliphatic rings. The number of nitrogens with zero attached hydrogens (tertiary/aromatic N) is 3. The van der Waals surface area contributed by atoms with Crippen LogP contribution in [-0.4, -0.2) is 14.5 Å². The van der Waals surface area contributed by atoms with Crippen LogP contribution in [0.5, 0.6) is 0 Å². The zero-order valence-electron chi connectivity index (χ0n) is 17.1. The predicted octanol–water partition coefficient (Wildman–Crippen LogP) is 7.61. The molecule has 0 saturated heterocycles. The Morgan fingerprint density at radius 3 is 2.44 bits per heavy atom. The largest absolute Gasteiger partial charge is 0.307 e. The first-order chi connectivity index (χ1) is 15.9. The van der Waals surface area contributed by atoms with E-state index in [1.165, 1.54) is 31.1 Å². The van der Waals surface area contributed by atoms with E-state index in [0.29, 0.717) is 0 Å². The van der Waals surface area contributed by atoms with Crippen LogP contribution in [-0.2, 0) is 0 Å². The Labute approximate surface area is 188 Å². The van der Waals surface area contributed by atoms with Crippen molar-refractivity contribution in [2.75, 3.05) is 0 Å². The molecule has 4 heterocycles. The normalized spacial score (nSPS) is 11.8. The van der Waals surface area contributed by atoms with Crippen molar-refractivity contribution in [3.8, 4) is 16.9 Å². The molecule has 32 heavy (non-hydrogen) atoms. The fourth-order valence-electron chi connectivity index (χ4n) is 4.71. The molecule has 0 N–H and O–H groups in total. The van der Waals surface area contributed by atoms with Gasteiger partial charge in [0.25, 0.3) is 0 Å². The molecule has 4 aromatic heterocycles. The molecular formula is C28H17N3S. The average molecular weight is 428 g/mol. The Morgan fingerprint density at radius 2 is 1.53 bits per heavy atom. The summed E-state index contributed by atoms with van der Waals surface area (Å²) in [5, 5.41) is 3.72. The lowest BCUT2D eigenvalue weighted by molar-refractivity contribution is 1.18. The van der Waals surface area contributed by atoms with Gasteiger partial charge in [0.15, 0.2) is 0 Å². The highest BCUT2D eigenvalue weighted by Crippen LogP contribution is 2.41. The zero-order valence-corrected chi connectivity index (χ0v) is 17.9. The second-order valence-corrected chi connectivity index (χ2v) is 8.99. The smallest absolute Gasteiger partial charge is 0.0971 e. The van der Waals surface area contributed by atoms with Gasteiger partial charge < -0.3 is 4.57 Å². The Bertz CT molecular complexity index is 1780. The lowest BCUT2D eigenvalue weighted by Gasteiger charge is -2.10. The first-order valence-electron chi connectivity index (χ1n) is 10.6. The van der Waals surface area contributed by atoms with Crippen molar-refractivity contribution in [3.63, 3.8) is 0 Å². The molecule has 7 rings (SSSR count). The molecule has 0 unspecified atom stereocenters. The van der Waals surface area contributed by atoms with E-state index in [0.717, 1.165) is 28.0 Å². The van der Waals surface area contributed by atoms with Gasteiger partial charge >= 0.3 is 0 Å². The van der Waals surface area contributed by atoms with E-state index >= 15 is 0 Å². The molecule has 0 spiro atoms. The molecule has 0 saturated carbocycles. The van der Waals surface area contributed by atoms with Gasteiger partial charge in [0.1, 0.15) is 0 Å². The van der Waals surface area contributed by atoms with Crippen LogP contribution >= 0.6 is 11.3 Å². The van der Waals surface area contributed by atoms with Crippen LogP contribution in [0.4, 0.5) is 0 Å². The van der Waals surface area contributed by atoms with Gasteiger partial charge in [0.2, 0.25) is 0 Å². The van der Waals surface area contributed by atoms with Crippen molar-refractivity contribution < 1.29 is 0 Å². The number of rotatable bonds is 2. The van der Waals surface area contributed by atoms with Crippen molar-refractivity contribution >= 4 is 53.4 Å². The van der Waals surface area contributed by atoms with E-state index in [1.54, 1.807) is 11.3 Å². The molecular weight excluding hydrogens is 410 g/mol. The van der Waals surface area contributed by atoms with Gasteiger partial charge in [-0.2, -0.15) is 0 Å². The quantitative estimate of drug-likeness (QED) is 0.284. The minimum Gasteiger partial charge on any atom is -0.307 e. The standard InChI is InChI=1S/C28H17N3S/c1-3-13-23-20(10-1)27-28(26-21-11-2-4-14-24(21)32-25(26)17-30-27)31(23)19-9-7-8-18(16-19)22-12-5-6-15-29-22/h1-17H. The molecule has 4 heteroatoms. The van der Waals surface area contributed by atoms with Gasteiger partial charge in [-0.15, -0.1) is 11.3 Å². The summed E-state index contributed by atoms with van der Waals surface area (Å²) in [5.74, 6) is 0. The minimum atomic E-state index is 0.972. The molecule has 3 nitrogen and oxygen atoms in total. The number of aromatic nitrogens is 3. The number of benzene rings is 3. The van der Waals surface area contributed by atoms with E-state index in [9.17, 15) is 0 Å². The SMILES string of the molecule is c1ccc(-c2cccc(-n3c4ccccc4c4ncc5sc6ccccc6c5c43)c2)nc1. The molecule has 0 radical (unpaired) electrons. The van der Waals surface area contributed by atoms with E-state index in [-0.39, 0.29) is 0 Å². The third-order valence-corrected chi connectivity index (χ3v) is 7.19. The first kappa shape index (κ1) is 17.6. The van der Waals surface area contributed by atoms with Crippen molar-refractivity contribution in [2.24, 2.45) is 0 Å². The molecule has 0 amide bonds. The lowest BCUT2D eigenvalue weighted by atomic mass is 10.1. The second kappa shape index (κ2) is 6.74. The van der Waals surface area contributed by atoms with Crippen LogP contribution in [0.3, 0.4) is 0 Å². The molecule has 0 bridgehead atoms. The van der Waals surface area contributed by atoms with Gasteiger partial charge in [0.05, 0.1) is 26.9 Å². The van der Waals surface area contributed by atoms with Crippen LogP contribution in [0.1, 0.15) is 0 Å². The second-order valence-electron chi connectivity index (χ2n) is 7.91. The molecule has 3 aromatic carbocycles. The molecule has 0 atom stereocenters. The summed E-state index contributed by atoms with van der Waals surface area (Å²) in [4.78, 5) is 9.50. The Balaban J connectivity index is 1.65. The van der Waals surface area contributed by atoms with E-state index < -0.39 is 0 Å². The van der Waals surface area contributed by atoms with Crippen molar-refractivity contribution in [1.29, 1.82) is 0 Å². The maximum absolute atomic E-state index is 4.94. The monoisotopic (exact) mass is 427 g/mol. The number of hydrogen-bond donors (Lipinski definition) is 0. The zero-order chi connectivity index (χ0) is 21.1. The van der Waals surface area contributed by atoms with E-state index in [1.807, 2.05) is 24.5 Å². The summed E-state index contributed by atoms with van der Waals surface area (Å²) in [6, 6.07) is 31.8. The summed E-state index contributed by atoms with van der Waals surface area (Å²) in [6.45, 7) is 0. The van der Waals surface area contributed by atoms with E-state index in [4.69, 9.17) is 4.98 Å². The van der Waals surface area contributed by atoms with Gasteiger partial charge in [-0.05, 0) is 36.4 Å². The Kier molecular flexibility index (Phi) is 3.72. The predicted molar refractivity (Wildman–Crippen MR) is 135 cm³/mol. The van der Waals surface area contributed by atoms with Crippen LogP contribution in [0, 0.1) is 0 Å². The number of pyridine rings is 2. The molecule has 0 fully saturated rings. The third-order valence-electron chi connectivity index (χ3n) is 6.08. The van der Waals surface area contributed by atoms with Gasteiger partial charge in [0, 0.05) is 44.5 Å². The Hall–Kier alpha value is -4.02. The maximum atomic E-state index is 4.94. The first-order valence-corrected chi connectivity index (χ1v) is 11.4. The van der Waals surface area contributed by atoms with Crippen LogP contribution in [0.25, 0.3) is 59.1 Å². The lowest BCUT2D eigenvalue weighted by Crippen LogP contribution is -1.95. The number of fused-ring (bicyclic) bond motifs is 7. The Morgan fingerprint density at radius 1 is 0.688 bits per heavy atom. The summed E-state index contributed by atoms with van der Waals surface area (Å²) in [7, 11) is 0. The van der Waals surface area contributed by atoms with Crippen LogP contribution < -0.4 is 0 Å². The van der Waals surface area contributed by atoms with Crippen molar-refractivity contribution in [3.05, 3.63) is 103 Å². The molecule has 7 aromatic rings.